The number of benzene rings is 1. The van der Waals surface area contributed by atoms with Gasteiger partial charge in [0, 0.05) is 18.2 Å². The summed E-state index contributed by atoms with van der Waals surface area (Å²) in [7, 11) is 1.69. The molecular formula is C15H20N2O3S. The van der Waals surface area contributed by atoms with Crippen LogP contribution in [-0.2, 0) is 7.05 Å². The number of aliphatic hydroxyl groups excluding tert-OH is 2. The second kappa shape index (κ2) is 6.17. The molecule has 0 bridgehead atoms. The van der Waals surface area contributed by atoms with Crippen molar-refractivity contribution in [2.24, 2.45) is 12.5 Å². The van der Waals surface area contributed by atoms with Crippen LogP contribution in [0.4, 0.5) is 0 Å². The summed E-state index contributed by atoms with van der Waals surface area (Å²) >= 11 is 1.37. The fraction of sp³-hybridized carbons (Fsp3) is 0.467. The molecule has 1 aromatic carbocycles. The van der Waals surface area contributed by atoms with Crippen molar-refractivity contribution >= 4 is 22.7 Å². The van der Waals surface area contributed by atoms with Crippen LogP contribution in [0.2, 0.25) is 0 Å². The van der Waals surface area contributed by atoms with Crippen LogP contribution in [0, 0.1) is 12.3 Å². The quantitative estimate of drug-likeness (QED) is 0.644. The van der Waals surface area contributed by atoms with E-state index in [2.05, 4.69) is 4.98 Å². The summed E-state index contributed by atoms with van der Waals surface area (Å²) in [6.45, 7) is 3.51. The Morgan fingerprint density at radius 2 is 2.00 bits per heavy atom. The zero-order chi connectivity index (χ0) is 15.6. The molecule has 1 heterocycles. The van der Waals surface area contributed by atoms with Gasteiger partial charge in [-0.2, -0.15) is 0 Å². The Labute approximate surface area is 127 Å². The van der Waals surface area contributed by atoms with Crippen molar-refractivity contribution in [1.82, 2.24) is 9.55 Å². The topological polar surface area (TPSA) is 75.4 Å². The van der Waals surface area contributed by atoms with E-state index in [1.54, 1.807) is 14.0 Å². The van der Waals surface area contributed by atoms with E-state index in [9.17, 15) is 15.0 Å². The van der Waals surface area contributed by atoms with E-state index in [0.717, 1.165) is 5.56 Å². The highest BCUT2D eigenvalue weighted by atomic mass is 32.2. The van der Waals surface area contributed by atoms with Gasteiger partial charge in [-0.15, -0.1) is 0 Å². The molecule has 5 nitrogen and oxygen atoms in total. The smallest absolute Gasteiger partial charge is 0.261 e. The van der Waals surface area contributed by atoms with E-state index < -0.39 is 5.41 Å². The third kappa shape index (κ3) is 3.28. The molecule has 0 spiro atoms. The number of thioether (sulfide) groups is 1. The predicted octanol–water partition coefficient (Wildman–Crippen LogP) is 1.32. The van der Waals surface area contributed by atoms with Crippen molar-refractivity contribution in [3.63, 3.8) is 0 Å². The highest BCUT2D eigenvalue weighted by Crippen LogP contribution is 2.26. The molecule has 0 unspecified atom stereocenters. The van der Waals surface area contributed by atoms with Crippen molar-refractivity contribution < 1.29 is 10.2 Å². The average Bonchev–Trinajstić information content (AvgIpc) is 2.49. The molecule has 0 aliphatic carbocycles. The number of rotatable bonds is 5. The van der Waals surface area contributed by atoms with E-state index in [1.165, 1.54) is 16.3 Å². The van der Waals surface area contributed by atoms with Gasteiger partial charge in [-0.3, -0.25) is 9.36 Å². The fourth-order valence-electron chi connectivity index (χ4n) is 1.87. The third-order valence-corrected chi connectivity index (χ3v) is 4.97. The lowest BCUT2D eigenvalue weighted by Crippen LogP contribution is -2.29. The summed E-state index contributed by atoms with van der Waals surface area (Å²) in [4.78, 5) is 16.9. The Kier molecular flexibility index (Phi) is 4.70. The maximum atomic E-state index is 12.4. The van der Waals surface area contributed by atoms with Gasteiger partial charge in [0.25, 0.3) is 5.56 Å². The molecule has 2 rings (SSSR count). The second-order valence-electron chi connectivity index (χ2n) is 5.69. The van der Waals surface area contributed by atoms with Crippen LogP contribution in [0.1, 0.15) is 12.5 Å². The van der Waals surface area contributed by atoms with Gasteiger partial charge in [0.05, 0.1) is 24.1 Å². The van der Waals surface area contributed by atoms with E-state index >= 15 is 0 Å². The molecule has 0 radical (unpaired) electrons. The molecule has 0 fully saturated rings. The van der Waals surface area contributed by atoms with Crippen LogP contribution >= 0.6 is 11.8 Å². The Bertz CT molecular complexity index is 708. The molecule has 0 aliphatic heterocycles. The first kappa shape index (κ1) is 16.0. The number of aromatic nitrogens is 2. The molecule has 114 valence electrons. The van der Waals surface area contributed by atoms with Gasteiger partial charge < -0.3 is 10.2 Å². The summed E-state index contributed by atoms with van der Waals surface area (Å²) in [5, 5.41) is 19.8. The van der Waals surface area contributed by atoms with E-state index in [0.29, 0.717) is 21.8 Å². The summed E-state index contributed by atoms with van der Waals surface area (Å²) in [6, 6.07) is 5.60. The minimum atomic E-state index is -0.593. The Hall–Kier alpha value is -1.37. The summed E-state index contributed by atoms with van der Waals surface area (Å²) in [6.07, 6.45) is 0. The number of aryl methyl sites for hydroxylation is 1. The monoisotopic (exact) mass is 308 g/mol. The first-order chi connectivity index (χ1) is 9.90. The lowest BCUT2D eigenvalue weighted by molar-refractivity contribution is 0.0894. The number of hydrogen-bond donors (Lipinski definition) is 2. The van der Waals surface area contributed by atoms with Gasteiger partial charge in [0.15, 0.2) is 5.16 Å². The highest BCUT2D eigenvalue weighted by Gasteiger charge is 2.23. The molecular weight excluding hydrogens is 288 g/mol. The minimum absolute atomic E-state index is 0.0825. The molecule has 0 atom stereocenters. The van der Waals surface area contributed by atoms with Crippen LogP contribution < -0.4 is 5.56 Å². The van der Waals surface area contributed by atoms with E-state index in [4.69, 9.17) is 0 Å². The Morgan fingerprint density at radius 1 is 1.33 bits per heavy atom. The van der Waals surface area contributed by atoms with Crippen molar-refractivity contribution in [2.45, 2.75) is 19.0 Å². The van der Waals surface area contributed by atoms with E-state index in [1.807, 2.05) is 25.1 Å². The van der Waals surface area contributed by atoms with Crippen molar-refractivity contribution in [3.05, 3.63) is 34.1 Å². The Morgan fingerprint density at radius 3 is 2.62 bits per heavy atom. The van der Waals surface area contributed by atoms with Gasteiger partial charge in [-0.1, -0.05) is 30.3 Å². The van der Waals surface area contributed by atoms with Crippen molar-refractivity contribution in [3.8, 4) is 0 Å². The molecule has 0 aliphatic rings. The number of aliphatic hydroxyl groups is 2. The van der Waals surface area contributed by atoms with Crippen LogP contribution in [0.5, 0.6) is 0 Å². The lowest BCUT2D eigenvalue weighted by Gasteiger charge is -2.23. The van der Waals surface area contributed by atoms with Crippen LogP contribution in [0.15, 0.2) is 28.2 Å². The lowest BCUT2D eigenvalue weighted by atomic mass is 9.96. The largest absolute Gasteiger partial charge is 0.396 e. The van der Waals surface area contributed by atoms with Crippen LogP contribution in [-0.4, -0.2) is 38.7 Å². The number of nitrogens with zero attached hydrogens (tertiary/aromatic N) is 2. The van der Waals surface area contributed by atoms with Gasteiger partial charge in [0.2, 0.25) is 0 Å². The maximum Gasteiger partial charge on any atom is 0.261 e. The van der Waals surface area contributed by atoms with Gasteiger partial charge in [-0.05, 0) is 19.1 Å². The summed E-state index contributed by atoms with van der Waals surface area (Å²) in [5.74, 6) is 0.484. The molecule has 21 heavy (non-hydrogen) atoms. The Balaban J connectivity index is 2.40. The first-order valence-corrected chi connectivity index (χ1v) is 7.71. The average molecular weight is 308 g/mol. The van der Waals surface area contributed by atoms with Crippen LogP contribution in [0.25, 0.3) is 10.9 Å². The molecule has 0 saturated carbocycles. The van der Waals surface area contributed by atoms with Gasteiger partial charge in [-0.25, -0.2) is 4.98 Å². The zero-order valence-electron chi connectivity index (χ0n) is 12.5. The zero-order valence-corrected chi connectivity index (χ0v) is 13.3. The van der Waals surface area contributed by atoms with E-state index in [-0.39, 0.29) is 18.8 Å². The standard InChI is InChI=1S/C15H20N2O3S/c1-10-4-5-12-11(6-10)13(20)17(3)14(16-12)21-9-15(2,7-18)8-19/h4-6,18-19H,7-9H2,1-3H3. The SMILES string of the molecule is Cc1ccc2nc(SCC(C)(CO)CO)n(C)c(=O)c2c1. The molecule has 1 aromatic heterocycles. The number of hydrogen-bond acceptors (Lipinski definition) is 5. The van der Waals surface area contributed by atoms with Gasteiger partial charge in [0.1, 0.15) is 0 Å². The number of fused-ring (bicyclic) bond motifs is 1. The molecule has 0 amide bonds. The maximum absolute atomic E-state index is 12.4. The van der Waals surface area contributed by atoms with Gasteiger partial charge >= 0.3 is 0 Å². The summed E-state index contributed by atoms with van der Waals surface area (Å²) < 4.78 is 1.52. The van der Waals surface area contributed by atoms with Crippen molar-refractivity contribution in [2.75, 3.05) is 19.0 Å². The highest BCUT2D eigenvalue weighted by molar-refractivity contribution is 7.99. The minimum Gasteiger partial charge on any atom is -0.396 e. The fourth-order valence-corrected chi connectivity index (χ4v) is 2.97. The molecule has 2 N–H and O–H groups in total. The van der Waals surface area contributed by atoms with Crippen molar-refractivity contribution in [1.29, 1.82) is 0 Å². The molecule has 2 aromatic rings. The molecule has 0 saturated heterocycles. The molecule has 6 heteroatoms. The third-order valence-electron chi connectivity index (χ3n) is 3.50. The first-order valence-electron chi connectivity index (χ1n) is 6.72. The predicted molar refractivity (Wildman–Crippen MR) is 84.7 cm³/mol. The van der Waals surface area contributed by atoms with Crippen LogP contribution in [0.3, 0.4) is 0 Å². The second-order valence-corrected chi connectivity index (χ2v) is 6.64. The summed E-state index contributed by atoms with van der Waals surface area (Å²) in [5.41, 5.74) is 1.02. The normalized spacial score (nSPS) is 12.0.